The molecule has 16 heavy (non-hydrogen) atoms. The van der Waals surface area contributed by atoms with Gasteiger partial charge in [0.05, 0.1) is 6.20 Å². The number of aliphatic hydroxyl groups is 1. The van der Waals surface area contributed by atoms with Crippen LogP contribution in [0.15, 0.2) is 24.4 Å². The van der Waals surface area contributed by atoms with Crippen LogP contribution < -0.4 is 0 Å². The highest BCUT2D eigenvalue weighted by Crippen LogP contribution is 2.28. The van der Waals surface area contributed by atoms with Gasteiger partial charge in [-0.25, -0.2) is 0 Å². The molecule has 0 aliphatic rings. The Balaban J connectivity index is 2.21. The van der Waals surface area contributed by atoms with E-state index in [1.165, 1.54) is 6.20 Å². The molecule has 0 saturated heterocycles. The Morgan fingerprint density at radius 3 is 2.56 bits per heavy atom. The van der Waals surface area contributed by atoms with Gasteiger partial charge in [-0.2, -0.15) is 15.4 Å². The number of hydrogen-bond acceptors (Lipinski definition) is 3. The van der Waals surface area contributed by atoms with Gasteiger partial charge < -0.3 is 5.11 Å². The predicted molar refractivity (Wildman–Crippen MR) is 61.5 cm³/mol. The number of hydrogen-bond donors (Lipinski definition) is 2. The third-order valence-electron chi connectivity index (χ3n) is 2.23. The smallest absolute Gasteiger partial charge is 0.111 e. The first-order chi connectivity index (χ1) is 7.68. The summed E-state index contributed by atoms with van der Waals surface area (Å²) in [4.78, 5) is 0. The zero-order chi connectivity index (χ0) is 11.5. The maximum absolute atomic E-state index is 9.87. The molecule has 4 nitrogen and oxygen atoms in total. The molecule has 2 aromatic rings. The first-order valence-electron chi connectivity index (χ1n) is 4.65. The van der Waals surface area contributed by atoms with Crippen molar-refractivity contribution in [3.05, 3.63) is 45.7 Å². The van der Waals surface area contributed by atoms with Gasteiger partial charge in [0.2, 0.25) is 0 Å². The third kappa shape index (κ3) is 2.35. The molecule has 0 amide bonds. The van der Waals surface area contributed by atoms with Crippen molar-refractivity contribution in [2.75, 3.05) is 0 Å². The molecule has 0 fully saturated rings. The van der Waals surface area contributed by atoms with Gasteiger partial charge in [-0.15, -0.1) is 0 Å². The van der Waals surface area contributed by atoms with Crippen molar-refractivity contribution >= 4 is 23.2 Å². The molecule has 0 saturated carbocycles. The van der Waals surface area contributed by atoms with Gasteiger partial charge >= 0.3 is 0 Å². The molecular weight excluding hydrogens is 249 g/mol. The number of aromatic nitrogens is 3. The molecule has 6 heteroatoms. The molecule has 0 aliphatic carbocycles. The minimum absolute atomic E-state index is 0.311. The first-order valence-corrected chi connectivity index (χ1v) is 5.40. The van der Waals surface area contributed by atoms with E-state index in [1.807, 2.05) is 0 Å². The van der Waals surface area contributed by atoms with E-state index in [0.717, 1.165) is 0 Å². The molecule has 0 radical (unpaired) electrons. The molecule has 1 aromatic heterocycles. The highest BCUT2D eigenvalue weighted by Gasteiger charge is 2.15. The summed E-state index contributed by atoms with van der Waals surface area (Å²) in [5, 5.41) is 20.8. The minimum Gasteiger partial charge on any atom is -0.386 e. The van der Waals surface area contributed by atoms with E-state index in [2.05, 4.69) is 15.4 Å². The normalized spacial score (nSPS) is 12.7. The molecular formula is C10H9Cl2N3O. The number of halogens is 2. The maximum Gasteiger partial charge on any atom is 0.111 e. The summed E-state index contributed by atoms with van der Waals surface area (Å²) >= 11 is 12.0. The fourth-order valence-electron chi connectivity index (χ4n) is 1.40. The predicted octanol–water partition coefficient (Wildman–Crippen LogP) is 2.39. The van der Waals surface area contributed by atoms with Crippen molar-refractivity contribution < 1.29 is 5.11 Å². The van der Waals surface area contributed by atoms with Crippen LogP contribution in [-0.4, -0.2) is 20.5 Å². The standard InChI is InChI=1S/C10H9Cl2N3O/c11-7-2-1-3-8(12)6(7)4-10(16)9-5-13-15-14-9/h1-3,5,10,16H,4H2,(H,13,14,15). The SMILES string of the molecule is OC(Cc1c(Cl)cccc1Cl)c1cn[nH]n1. The molecule has 1 heterocycles. The summed E-state index contributed by atoms with van der Waals surface area (Å²) in [6.45, 7) is 0. The van der Waals surface area contributed by atoms with Gasteiger partial charge in [0.25, 0.3) is 0 Å². The topological polar surface area (TPSA) is 61.8 Å². The van der Waals surface area contributed by atoms with Gasteiger partial charge in [-0.1, -0.05) is 29.3 Å². The summed E-state index contributed by atoms with van der Waals surface area (Å²) in [5.74, 6) is 0. The third-order valence-corrected chi connectivity index (χ3v) is 2.94. The Labute approximate surface area is 102 Å². The molecule has 2 N–H and O–H groups in total. The Morgan fingerprint density at radius 1 is 1.31 bits per heavy atom. The molecule has 1 unspecified atom stereocenters. The van der Waals surface area contributed by atoms with Gasteiger partial charge in [-0.3, -0.25) is 0 Å². The lowest BCUT2D eigenvalue weighted by Crippen LogP contribution is -2.03. The molecule has 2 rings (SSSR count). The van der Waals surface area contributed by atoms with Crippen LogP contribution in [0.25, 0.3) is 0 Å². The summed E-state index contributed by atoms with van der Waals surface area (Å²) < 4.78 is 0. The van der Waals surface area contributed by atoms with Crippen LogP contribution in [0.1, 0.15) is 17.4 Å². The van der Waals surface area contributed by atoms with Crippen molar-refractivity contribution in [2.24, 2.45) is 0 Å². The summed E-state index contributed by atoms with van der Waals surface area (Å²) in [7, 11) is 0. The number of aromatic amines is 1. The summed E-state index contributed by atoms with van der Waals surface area (Å²) in [5.41, 5.74) is 1.18. The Bertz CT molecular complexity index is 453. The maximum atomic E-state index is 9.87. The molecule has 0 spiro atoms. The van der Waals surface area contributed by atoms with E-state index < -0.39 is 6.10 Å². The number of nitrogens with zero attached hydrogens (tertiary/aromatic N) is 2. The van der Waals surface area contributed by atoms with E-state index in [0.29, 0.717) is 27.7 Å². The van der Waals surface area contributed by atoms with Crippen molar-refractivity contribution in [1.82, 2.24) is 15.4 Å². The van der Waals surface area contributed by atoms with Crippen molar-refractivity contribution in [3.8, 4) is 0 Å². The van der Waals surface area contributed by atoms with E-state index in [9.17, 15) is 5.11 Å². The second kappa shape index (κ2) is 4.82. The number of aliphatic hydroxyl groups excluding tert-OH is 1. The second-order valence-electron chi connectivity index (χ2n) is 3.32. The van der Waals surface area contributed by atoms with E-state index in [4.69, 9.17) is 23.2 Å². The zero-order valence-electron chi connectivity index (χ0n) is 8.19. The van der Waals surface area contributed by atoms with Crippen LogP contribution in [-0.2, 0) is 6.42 Å². The minimum atomic E-state index is -0.767. The highest BCUT2D eigenvalue weighted by atomic mass is 35.5. The Hall–Kier alpha value is -1.10. The number of H-pyrrole nitrogens is 1. The number of rotatable bonds is 3. The van der Waals surface area contributed by atoms with Gasteiger partial charge in [-0.05, 0) is 17.7 Å². The van der Waals surface area contributed by atoms with E-state index >= 15 is 0 Å². The fourth-order valence-corrected chi connectivity index (χ4v) is 1.95. The Kier molecular flexibility index (Phi) is 3.43. The van der Waals surface area contributed by atoms with E-state index in [-0.39, 0.29) is 0 Å². The van der Waals surface area contributed by atoms with Gasteiger partial charge in [0.15, 0.2) is 0 Å². The first kappa shape index (κ1) is 11.4. The second-order valence-corrected chi connectivity index (χ2v) is 4.13. The van der Waals surface area contributed by atoms with Crippen molar-refractivity contribution in [1.29, 1.82) is 0 Å². The highest BCUT2D eigenvalue weighted by molar-refractivity contribution is 6.35. The molecule has 84 valence electrons. The molecule has 1 aromatic carbocycles. The lowest BCUT2D eigenvalue weighted by Gasteiger charge is -2.10. The summed E-state index contributed by atoms with van der Waals surface area (Å²) in [6, 6.07) is 5.23. The fraction of sp³-hybridized carbons (Fsp3) is 0.200. The van der Waals surface area contributed by atoms with Crippen LogP contribution in [0, 0.1) is 0 Å². The number of nitrogens with one attached hydrogen (secondary N) is 1. The Morgan fingerprint density at radius 2 is 2.00 bits per heavy atom. The largest absolute Gasteiger partial charge is 0.386 e. The van der Waals surface area contributed by atoms with Crippen LogP contribution in [0.5, 0.6) is 0 Å². The lowest BCUT2D eigenvalue weighted by molar-refractivity contribution is 0.173. The van der Waals surface area contributed by atoms with Crippen LogP contribution >= 0.6 is 23.2 Å². The quantitative estimate of drug-likeness (QED) is 0.888. The monoisotopic (exact) mass is 257 g/mol. The van der Waals surface area contributed by atoms with Crippen LogP contribution in [0.2, 0.25) is 10.0 Å². The number of benzene rings is 1. The average Bonchev–Trinajstić information content (AvgIpc) is 2.76. The van der Waals surface area contributed by atoms with Crippen molar-refractivity contribution in [3.63, 3.8) is 0 Å². The molecule has 0 aliphatic heterocycles. The van der Waals surface area contributed by atoms with E-state index in [1.54, 1.807) is 18.2 Å². The van der Waals surface area contributed by atoms with Gasteiger partial charge in [0.1, 0.15) is 11.8 Å². The van der Waals surface area contributed by atoms with Gasteiger partial charge in [0, 0.05) is 16.5 Å². The average molecular weight is 258 g/mol. The zero-order valence-corrected chi connectivity index (χ0v) is 9.70. The summed E-state index contributed by atoms with van der Waals surface area (Å²) in [6.07, 6.45) is 1.01. The van der Waals surface area contributed by atoms with Crippen LogP contribution in [0.4, 0.5) is 0 Å². The lowest BCUT2D eigenvalue weighted by atomic mass is 10.1. The van der Waals surface area contributed by atoms with Crippen molar-refractivity contribution in [2.45, 2.75) is 12.5 Å². The van der Waals surface area contributed by atoms with Crippen LogP contribution in [0.3, 0.4) is 0 Å². The molecule has 1 atom stereocenters. The molecule has 0 bridgehead atoms.